The van der Waals surface area contributed by atoms with Crippen LogP contribution >= 0.6 is 0 Å². The molecule has 2 N–H and O–H groups in total. The molecule has 242 valence electrons. The first-order valence-corrected chi connectivity index (χ1v) is 16.4. The second-order valence-electron chi connectivity index (χ2n) is 11.8. The van der Waals surface area contributed by atoms with Crippen molar-refractivity contribution in [2.24, 2.45) is 9.98 Å². The maximum Gasteiger partial charge on any atom is 0.161 e. The number of rotatable bonds is 10. The monoisotopic (exact) mass is 644 g/mol. The van der Waals surface area contributed by atoms with Gasteiger partial charge in [-0.15, -0.1) is 0 Å². The van der Waals surface area contributed by atoms with E-state index in [0.717, 1.165) is 33.6 Å². The van der Waals surface area contributed by atoms with E-state index in [0.29, 0.717) is 24.7 Å². The van der Waals surface area contributed by atoms with Crippen molar-refractivity contribution in [1.82, 2.24) is 0 Å². The quantitative estimate of drug-likeness (QED) is 0.145. The molecule has 0 saturated carbocycles. The molecule has 6 aromatic carbocycles. The van der Waals surface area contributed by atoms with E-state index < -0.39 is 5.41 Å². The Bertz CT molecular complexity index is 2010. The van der Waals surface area contributed by atoms with Crippen molar-refractivity contribution in [3.05, 3.63) is 167 Å². The summed E-state index contributed by atoms with van der Waals surface area (Å²) in [5.41, 5.74) is 9.91. The van der Waals surface area contributed by atoms with Crippen LogP contribution in [0.2, 0.25) is 0 Å². The lowest BCUT2D eigenvalue weighted by Crippen LogP contribution is -2.28. The van der Waals surface area contributed by atoms with Gasteiger partial charge in [0.1, 0.15) is 0 Å². The highest BCUT2D eigenvalue weighted by Crippen LogP contribution is 2.56. The molecule has 7 rings (SSSR count). The topological polar surface area (TPSA) is 83.6 Å². The van der Waals surface area contributed by atoms with E-state index >= 15 is 0 Å². The van der Waals surface area contributed by atoms with Gasteiger partial charge < -0.3 is 19.7 Å². The van der Waals surface area contributed by atoms with Crippen LogP contribution < -0.4 is 9.47 Å². The summed E-state index contributed by atoms with van der Waals surface area (Å²) in [5.74, 6) is 1.10. The summed E-state index contributed by atoms with van der Waals surface area (Å²) in [7, 11) is 0. The fourth-order valence-electron chi connectivity index (χ4n) is 6.68. The highest BCUT2D eigenvalue weighted by atomic mass is 16.5. The van der Waals surface area contributed by atoms with Crippen LogP contribution in [-0.2, 0) is 5.41 Å². The predicted molar refractivity (Wildman–Crippen MR) is 197 cm³/mol. The molecule has 0 unspecified atom stereocenters. The lowest BCUT2D eigenvalue weighted by molar-refractivity contribution is 0.318. The zero-order valence-electron chi connectivity index (χ0n) is 27.4. The van der Waals surface area contributed by atoms with Crippen molar-refractivity contribution in [1.29, 1.82) is 0 Å². The van der Waals surface area contributed by atoms with Gasteiger partial charge in [0.15, 0.2) is 23.0 Å². The minimum atomic E-state index is -0.551. The van der Waals surface area contributed by atoms with Crippen molar-refractivity contribution in [3.63, 3.8) is 0 Å². The molecular formula is C43H36N2O4. The summed E-state index contributed by atoms with van der Waals surface area (Å²) in [6, 6.07) is 44.6. The number of hydrogen-bond acceptors (Lipinski definition) is 6. The minimum absolute atomic E-state index is 0.110. The van der Waals surface area contributed by atoms with Crippen LogP contribution in [0, 0.1) is 0 Å². The van der Waals surface area contributed by atoms with Gasteiger partial charge in [-0.2, -0.15) is 0 Å². The van der Waals surface area contributed by atoms with Gasteiger partial charge in [-0.1, -0.05) is 72.8 Å². The Hall–Kier alpha value is -6.14. The third kappa shape index (κ3) is 5.93. The van der Waals surface area contributed by atoms with Crippen molar-refractivity contribution in [2.75, 3.05) is 13.2 Å². The fourth-order valence-corrected chi connectivity index (χ4v) is 6.68. The Labute approximate surface area is 286 Å². The molecule has 6 nitrogen and oxygen atoms in total. The van der Waals surface area contributed by atoms with E-state index in [1.807, 2.05) is 50.2 Å². The molecule has 0 heterocycles. The van der Waals surface area contributed by atoms with Crippen LogP contribution in [0.1, 0.15) is 47.2 Å². The first kappa shape index (κ1) is 31.5. The average Bonchev–Trinajstić information content (AvgIpc) is 3.44. The molecule has 6 heteroatoms. The van der Waals surface area contributed by atoms with E-state index in [9.17, 15) is 10.2 Å². The minimum Gasteiger partial charge on any atom is -0.504 e. The van der Waals surface area contributed by atoms with Gasteiger partial charge in [0, 0.05) is 12.4 Å². The number of benzene rings is 6. The standard InChI is InChI=1S/C43H36N2O4/c1-3-48-41-25-29(13-23-39(41)46)27-44-33-19-15-31(16-20-33)43(37-11-7-5-9-35(37)36-10-6-8-12-38(36)43)32-17-21-34(22-18-32)45-28-30-14-24-40(47)42(26-30)49-4-2/h5-28,46-47H,3-4H2,1-2H3. The van der Waals surface area contributed by atoms with Crippen LogP contribution in [0.5, 0.6) is 23.0 Å². The van der Waals surface area contributed by atoms with Gasteiger partial charge in [-0.3, -0.25) is 9.98 Å². The predicted octanol–water partition coefficient (Wildman–Crippen LogP) is 9.76. The molecule has 0 spiro atoms. The van der Waals surface area contributed by atoms with Crippen molar-refractivity contribution >= 4 is 23.8 Å². The Morgan fingerprint density at radius 2 is 0.939 bits per heavy atom. The fraction of sp³-hybridized carbons (Fsp3) is 0.116. The van der Waals surface area contributed by atoms with Crippen LogP contribution in [-0.4, -0.2) is 35.9 Å². The number of fused-ring (bicyclic) bond motifs is 3. The van der Waals surface area contributed by atoms with E-state index in [1.165, 1.54) is 22.3 Å². The van der Waals surface area contributed by atoms with Crippen LogP contribution in [0.15, 0.2) is 143 Å². The maximum atomic E-state index is 10.1. The van der Waals surface area contributed by atoms with E-state index in [1.54, 1.807) is 36.7 Å². The summed E-state index contributed by atoms with van der Waals surface area (Å²) in [6.45, 7) is 4.71. The van der Waals surface area contributed by atoms with E-state index in [4.69, 9.17) is 19.5 Å². The lowest BCUT2D eigenvalue weighted by atomic mass is 9.67. The number of ether oxygens (including phenoxy) is 2. The molecule has 0 fully saturated rings. The van der Waals surface area contributed by atoms with Crippen molar-refractivity contribution in [3.8, 4) is 34.1 Å². The zero-order chi connectivity index (χ0) is 33.8. The van der Waals surface area contributed by atoms with Crippen molar-refractivity contribution < 1.29 is 19.7 Å². The molecule has 1 aliphatic carbocycles. The largest absolute Gasteiger partial charge is 0.504 e. The molecular weight excluding hydrogens is 608 g/mol. The Balaban J connectivity index is 1.27. The number of phenols is 2. The van der Waals surface area contributed by atoms with E-state index in [-0.39, 0.29) is 11.5 Å². The maximum absolute atomic E-state index is 10.1. The van der Waals surface area contributed by atoms with Gasteiger partial charge in [0.2, 0.25) is 0 Å². The smallest absolute Gasteiger partial charge is 0.161 e. The van der Waals surface area contributed by atoms with Crippen LogP contribution in [0.25, 0.3) is 11.1 Å². The molecule has 0 atom stereocenters. The molecule has 0 aromatic heterocycles. The lowest BCUT2D eigenvalue weighted by Gasteiger charge is -2.34. The summed E-state index contributed by atoms with van der Waals surface area (Å²) in [6.07, 6.45) is 3.56. The van der Waals surface area contributed by atoms with Gasteiger partial charge >= 0.3 is 0 Å². The highest BCUT2D eigenvalue weighted by molar-refractivity contribution is 5.87. The average molecular weight is 645 g/mol. The first-order valence-electron chi connectivity index (χ1n) is 16.4. The molecule has 0 aliphatic heterocycles. The van der Waals surface area contributed by atoms with Gasteiger partial charge in [-0.25, -0.2) is 0 Å². The van der Waals surface area contributed by atoms with Gasteiger partial charge in [-0.05, 0) is 119 Å². The number of aromatic hydroxyl groups is 2. The summed E-state index contributed by atoms with van der Waals surface area (Å²) < 4.78 is 11.1. The molecule has 1 aliphatic rings. The number of hydrogen-bond donors (Lipinski definition) is 2. The normalized spacial score (nSPS) is 13.0. The third-order valence-corrected chi connectivity index (χ3v) is 8.85. The van der Waals surface area contributed by atoms with Gasteiger partial charge in [0.05, 0.1) is 30.0 Å². The number of nitrogens with zero attached hydrogens (tertiary/aromatic N) is 2. The molecule has 0 bridgehead atoms. The molecule has 6 aromatic rings. The molecule has 49 heavy (non-hydrogen) atoms. The Kier molecular flexibility index (Phi) is 8.69. The third-order valence-electron chi connectivity index (χ3n) is 8.85. The van der Waals surface area contributed by atoms with E-state index in [2.05, 4.69) is 72.8 Å². The van der Waals surface area contributed by atoms with Crippen LogP contribution in [0.4, 0.5) is 11.4 Å². The molecule has 0 amide bonds. The number of phenolic OH excluding ortho intramolecular Hbond substituents is 2. The second-order valence-corrected chi connectivity index (χ2v) is 11.8. The van der Waals surface area contributed by atoms with Crippen molar-refractivity contribution in [2.45, 2.75) is 19.3 Å². The highest BCUT2D eigenvalue weighted by Gasteiger charge is 2.45. The molecule has 0 radical (unpaired) electrons. The Morgan fingerprint density at radius 3 is 1.35 bits per heavy atom. The summed E-state index contributed by atoms with van der Waals surface area (Å²) >= 11 is 0. The first-order chi connectivity index (χ1) is 24.0. The van der Waals surface area contributed by atoms with Gasteiger partial charge in [0.25, 0.3) is 0 Å². The zero-order valence-corrected chi connectivity index (χ0v) is 27.4. The van der Waals surface area contributed by atoms with Crippen LogP contribution in [0.3, 0.4) is 0 Å². The number of aliphatic imine (C=N–C) groups is 2. The SMILES string of the molecule is CCOc1cc(C=Nc2ccc(C3(c4ccc(N=Cc5ccc(O)c(OCC)c5)cc4)c4ccccc4-c4ccccc43)cc2)ccc1O. The summed E-state index contributed by atoms with van der Waals surface area (Å²) in [5, 5.41) is 20.2. The second kappa shape index (κ2) is 13.5. The Morgan fingerprint density at radius 1 is 0.531 bits per heavy atom. The molecule has 0 saturated heterocycles. The summed E-state index contributed by atoms with van der Waals surface area (Å²) in [4.78, 5) is 9.47.